The zero-order chi connectivity index (χ0) is 15.6. The van der Waals surface area contributed by atoms with Gasteiger partial charge in [-0.1, -0.05) is 0 Å². The van der Waals surface area contributed by atoms with E-state index in [2.05, 4.69) is 15.3 Å². The molecular formula is C14H18N4O2S. The zero-order valence-corrected chi connectivity index (χ0v) is 13.2. The second kappa shape index (κ2) is 6.09. The van der Waals surface area contributed by atoms with Crippen molar-refractivity contribution in [1.82, 2.24) is 9.97 Å². The number of rotatable bonds is 4. The quantitative estimate of drug-likeness (QED) is 0.844. The van der Waals surface area contributed by atoms with Crippen molar-refractivity contribution in [3.8, 4) is 0 Å². The molecule has 6 nitrogen and oxygen atoms in total. The molecule has 0 spiro atoms. The molecule has 0 radical (unpaired) electrons. The molecule has 3 N–H and O–H groups in total. The SMILES string of the molecule is COC(=O)c1ccnc(NC(C)c2sc(C)nc2C)c1N. The van der Waals surface area contributed by atoms with Crippen molar-refractivity contribution in [2.24, 2.45) is 0 Å². The fourth-order valence-electron chi connectivity index (χ4n) is 2.10. The first-order valence-corrected chi connectivity index (χ1v) is 7.29. The van der Waals surface area contributed by atoms with Crippen LogP contribution in [0.5, 0.6) is 0 Å². The lowest BCUT2D eigenvalue weighted by molar-refractivity contribution is 0.0602. The van der Waals surface area contributed by atoms with Gasteiger partial charge in [0.1, 0.15) is 0 Å². The van der Waals surface area contributed by atoms with Gasteiger partial charge in [0.2, 0.25) is 0 Å². The smallest absolute Gasteiger partial charge is 0.340 e. The van der Waals surface area contributed by atoms with Crippen LogP contribution in [0.3, 0.4) is 0 Å². The van der Waals surface area contributed by atoms with Crippen LogP contribution < -0.4 is 11.1 Å². The molecule has 2 heterocycles. The molecule has 7 heteroatoms. The highest BCUT2D eigenvalue weighted by Gasteiger charge is 2.18. The Morgan fingerprint density at radius 3 is 2.76 bits per heavy atom. The number of pyridine rings is 1. The van der Waals surface area contributed by atoms with E-state index in [1.54, 1.807) is 17.4 Å². The van der Waals surface area contributed by atoms with Gasteiger partial charge in [-0.25, -0.2) is 14.8 Å². The van der Waals surface area contributed by atoms with E-state index >= 15 is 0 Å². The van der Waals surface area contributed by atoms with Crippen LogP contribution in [-0.2, 0) is 4.74 Å². The van der Waals surface area contributed by atoms with Crippen molar-refractivity contribution in [2.75, 3.05) is 18.2 Å². The van der Waals surface area contributed by atoms with Crippen molar-refractivity contribution < 1.29 is 9.53 Å². The summed E-state index contributed by atoms with van der Waals surface area (Å²) in [6.07, 6.45) is 1.53. The average Bonchev–Trinajstić information content (AvgIpc) is 2.79. The first-order chi connectivity index (χ1) is 9.93. The highest BCUT2D eigenvalue weighted by atomic mass is 32.1. The predicted octanol–water partition coefficient (Wildman–Crippen LogP) is 2.70. The van der Waals surface area contributed by atoms with E-state index in [-0.39, 0.29) is 11.7 Å². The lowest BCUT2D eigenvalue weighted by Crippen LogP contribution is -2.13. The summed E-state index contributed by atoms with van der Waals surface area (Å²) in [7, 11) is 1.32. The molecule has 0 saturated heterocycles. The average molecular weight is 306 g/mol. The minimum absolute atomic E-state index is 0.00102. The van der Waals surface area contributed by atoms with Crippen LogP contribution in [-0.4, -0.2) is 23.0 Å². The Balaban J connectivity index is 2.27. The first kappa shape index (κ1) is 15.2. The molecule has 2 aromatic rings. The van der Waals surface area contributed by atoms with Crippen LogP contribution >= 0.6 is 11.3 Å². The first-order valence-electron chi connectivity index (χ1n) is 6.47. The number of nitrogens with zero attached hydrogens (tertiary/aromatic N) is 2. The lowest BCUT2D eigenvalue weighted by atomic mass is 10.2. The Morgan fingerprint density at radius 1 is 1.48 bits per heavy atom. The molecule has 2 rings (SSSR count). The van der Waals surface area contributed by atoms with Gasteiger partial charge in [0, 0.05) is 11.1 Å². The van der Waals surface area contributed by atoms with Gasteiger partial charge < -0.3 is 15.8 Å². The predicted molar refractivity (Wildman–Crippen MR) is 83.6 cm³/mol. The molecule has 0 bridgehead atoms. The molecule has 1 atom stereocenters. The van der Waals surface area contributed by atoms with Crippen LogP contribution in [0.15, 0.2) is 12.3 Å². The second-order valence-electron chi connectivity index (χ2n) is 4.66. The van der Waals surface area contributed by atoms with Crippen LogP contribution in [0.4, 0.5) is 11.5 Å². The summed E-state index contributed by atoms with van der Waals surface area (Å²) in [5.41, 5.74) is 7.57. The van der Waals surface area contributed by atoms with E-state index in [1.807, 2.05) is 20.8 Å². The number of hydrogen-bond acceptors (Lipinski definition) is 7. The minimum Gasteiger partial charge on any atom is -0.465 e. The third-order valence-electron chi connectivity index (χ3n) is 3.08. The standard InChI is InChI=1S/C14H18N4O2S/c1-7-12(21-9(3)17-7)8(2)18-13-11(15)10(5-6-16-13)14(19)20-4/h5-6,8H,15H2,1-4H3,(H,16,18). The summed E-state index contributed by atoms with van der Waals surface area (Å²) in [6.45, 7) is 5.95. The van der Waals surface area contributed by atoms with E-state index < -0.39 is 5.97 Å². The number of thiazole rings is 1. The van der Waals surface area contributed by atoms with Gasteiger partial charge >= 0.3 is 5.97 Å². The van der Waals surface area contributed by atoms with Crippen molar-refractivity contribution in [1.29, 1.82) is 0 Å². The monoisotopic (exact) mass is 306 g/mol. The second-order valence-corrected chi connectivity index (χ2v) is 5.90. The Hall–Kier alpha value is -2.15. The van der Waals surface area contributed by atoms with E-state index in [0.717, 1.165) is 15.6 Å². The number of aromatic nitrogens is 2. The van der Waals surface area contributed by atoms with Gasteiger partial charge in [0.25, 0.3) is 0 Å². The normalized spacial score (nSPS) is 12.0. The van der Waals surface area contributed by atoms with Gasteiger partial charge in [0.05, 0.1) is 35.1 Å². The Bertz CT molecular complexity index is 669. The van der Waals surface area contributed by atoms with E-state index in [0.29, 0.717) is 11.4 Å². The van der Waals surface area contributed by atoms with Crippen LogP contribution in [0.2, 0.25) is 0 Å². The molecular weight excluding hydrogens is 288 g/mol. The number of carbonyl (C=O) groups excluding carboxylic acids is 1. The molecule has 21 heavy (non-hydrogen) atoms. The topological polar surface area (TPSA) is 90.1 Å². The number of esters is 1. The molecule has 0 aliphatic carbocycles. The molecule has 112 valence electrons. The number of aryl methyl sites for hydroxylation is 2. The Kier molecular flexibility index (Phi) is 4.42. The van der Waals surface area contributed by atoms with Gasteiger partial charge in [-0.2, -0.15) is 0 Å². The minimum atomic E-state index is -0.476. The van der Waals surface area contributed by atoms with Crippen molar-refractivity contribution in [3.63, 3.8) is 0 Å². The molecule has 0 aliphatic heterocycles. The molecule has 0 aliphatic rings. The van der Waals surface area contributed by atoms with Gasteiger partial charge in [0.15, 0.2) is 5.82 Å². The van der Waals surface area contributed by atoms with Crippen molar-refractivity contribution in [3.05, 3.63) is 33.4 Å². The number of nitrogen functional groups attached to an aromatic ring is 1. The van der Waals surface area contributed by atoms with Crippen LogP contribution in [0.1, 0.15) is 38.9 Å². The maximum Gasteiger partial charge on any atom is 0.340 e. The number of anilines is 2. The number of nitrogens with one attached hydrogen (secondary N) is 1. The third-order valence-corrected chi connectivity index (χ3v) is 4.34. The van der Waals surface area contributed by atoms with Gasteiger partial charge in [-0.3, -0.25) is 0 Å². The van der Waals surface area contributed by atoms with Crippen molar-refractivity contribution in [2.45, 2.75) is 26.8 Å². The maximum absolute atomic E-state index is 11.6. The number of methoxy groups -OCH3 is 1. The molecule has 0 saturated carbocycles. The number of ether oxygens (including phenoxy) is 1. The third kappa shape index (κ3) is 3.13. The van der Waals surface area contributed by atoms with E-state index in [1.165, 1.54) is 13.3 Å². The summed E-state index contributed by atoms with van der Waals surface area (Å²) in [4.78, 5) is 21.4. The molecule has 0 amide bonds. The number of nitrogens with two attached hydrogens (primary N) is 1. The highest BCUT2D eigenvalue weighted by molar-refractivity contribution is 7.11. The summed E-state index contributed by atoms with van der Waals surface area (Å²) < 4.78 is 4.70. The van der Waals surface area contributed by atoms with E-state index in [4.69, 9.17) is 10.5 Å². The van der Waals surface area contributed by atoms with Gasteiger partial charge in [-0.15, -0.1) is 11.3 Å². The number of carbonyl (C=O) groups is 1. The Morgan fingerprint density at radius 2 is 2.19 bits per heavy atom. The molecule has 0 aromatic carbocycles. The number of hydrogen-bond donors (Lipinski definition) is 2. The lowest BCUT2D eigenvalue weighted by Gasteiger charge is -2.16. The summed E-state index contributed by atoms with van der Waals surface area (Å²) in [5, 5.41) is 4.24. The fourth-order valence-corrected chi connectivity index (χ4v) is 3.03. The largest absolute Gasteiger partial charge is 0.465 e. The Labute approximate surface area is 127 Å². The van der Waals surface area contributed by atoms with E-state index in [9.17, 15) is 4.79 Å². The highest BCUT2D eigenvalue weighted by Crippen LogP contribution is 2.29. The summed E-state index contributed by atoms with van der Waals surface area (Å²) in [6, 6.07) is 1.54. The molecule has 0 fully saturated rings. The van der Waals surface area contributed by atoms with Crippen molar-refractivity contribution >= 4 is 28.8 Å². The van der Waals surface area contributed by atoms with Crippen LogP contribution in [0.25, 0.3) is 0 Å². The van der Waals surface area contributed by atoms with Gasteiger partial charge in [-0.05, 0) is 26.8 Å². The fraction of sp³-hybridized carbons (Fsp3) is 0.357. The zero-order valence-electron chi connectivity index (χ0n) is 12.4. The maximum atomic E-state index is 11.6. The molecule has 2 aromatic heterocycles. The van der Waals surface area contributed by atoms with Crippen LogP contribution in [0, 0.1) is 13.8 Å². The summed E-state index contributed by atoms with van der Waals surface area (Å²) in [5.74, 6) is -0.00808. The summed E-state index contributed by atoms with van der Waals surface area (Å²) >= 11 is 1.63. The molecule has 1 unspecified atom stereocenters.